The Morgan fingerprint density at radius 2 is 1.50 bits per heavy atom. The third-order valence-electron chi connectivity index (χ3n) is 1.77. The molecule has 0 saturated carbocycles. The van der Waals surface area contributed by atoms with Gasteiger partial charge in [-0.1, -0.05) is 42.0 Å². The van der Waals surface area contributed by atoms with E-state index < -0.39 is 0 Å². The molecule has 0 bridgehead atoms. The molecule has 0 spiro atoms. The first-order valence-corrected chi connectivity index (χ1v) is 5.33. The van der Waals surface area contributed by atoms with Gasteiger partial charge < -0.3 is 0 Å². The predicted molar refractivity (Wildman–Crippen MR) is 66.4 cm³/mol. The zero-order valence-electron chi connectivity index (χ0n) is 9.50. The van der Waals surface area contributed by atoms with Gasteiger partial charge in [0.15, 0.2) is 0 Å². The monoisotopic (exact) mass is 190 g/mol. The zero-order chi connectivity index (χ0) is 10.6. The molecule has 14 heavy (non-hydrogen) atoms. The Labute approximate surface area is 88.7 Å². The van der Waals surface area contributed by atoms with Gasteiger partial charge in [0, 0.05) is 0 Å². The van der Waals surface area contributed by atoms with Crippen LogP contribution in [0.4, 0.5) is 0 Å². The summed E-state index contributed by atoms with van der Waals surface area (Å²) in [6.45, 7) is 7.91. The summed E-state index contributed by atoms with van der Waals surface area (Å²) in [4.78, 5) is 0. The van der Waals surface area contributed by atoms with Crippen LogP contribution in [0.25, 0.3) is 0 Å². The first kappa shape index (κ1) is 13.0. The van der Waals surface area contributed by atoms with E-state index in [9.17, 15) is 0 Å². The van der Waals surface area contributed by atoms with Crippen molar-refractivity contribution in [2.24, 2.45) is 0 Å². The smallest absolute Gasteiger partial charge is 0.0313 e. The van der Waals surface area contributed by atoms with Crippen LogP contribution >= 0.6 is 0 Å². The molecule has 0 aliphatic rings. The lowest BCUT2D eigenvalue weighted by Crippen LogP contribution is -1.67. The summed E-state index contributed by atoms with van der Waals surface area (Å²) < 4.78 is 0. The van der Waals surface area contributed by atoms with E-state index in [4.69, 9.17) is 0 Å². The second-order valence-electron chi connectivity index (χ2n) is 3.59. The lowest BCUT2D eigenvalue weighted by molar-refractivity contribution is 1.01. The maximum absolute atomic E-state index is 3.68. The van der Waals surface area contributed by atoms with Crippen molar-refractivity contribution in [3.05, 3.63) is 48.6 Å². The molecule has 0 rings (SSSR count). The highest BCUT2D eigenvalue weighted by Crippen LogP contribution is 1.98. The number of rotatable bonds is 7. The van der Waals surface area contributed by atoms with Gasteiger partial charge in [0.2, 0.25) is 0 Å². The first-order chi connectivity index (χ1) is 6.77. The molecule has 78 valence electrons. The van der Waals surface area contributed by atoms with E-state index in [1.165, 1.54) is 5.57 Å². The Hall–Kier alpha value is -1.04. The van der Waals surface area contributed by atoms with Gasteiger partial charge in [-0.05, 0) is 39.5 Å². The molecule has 0 aromatic carbocycles. The molecule has 0 aliphatic carbocycles. The summed E-state index contributed by atoms with van der Waals surface area (Å²) in [6.07, 6.45) is 17.4. The van der Waals surface area contributed by atoms with E-state index in [1.807, 2.05) is 6.08 Å². The second kappa shape index (κ2) is 10.0. The Kier molecular flexibility index (Phi) is 9.30. The molecule has 0 amide bonds. The van der Waals surface area contributed by atoms with Gasteiger partial charge in [0.1, 0.15) is 0 Å². The van der Waals surface area contributed by atoms with Crippen LogP contribution in [0.3, 0.4) is 0 Å². The lowest BCUT2D eigenvalue weighted by atomic mass is 10.2. The first-order valence-electron chi connectivity index (χ1n) is 5.33. The summed E-state index contributed by atoms with van der Waals surface area (Å²) >= 11 is 0. The molecule has 0 nitrogen and oxygen atoms in total. The minimum atomic E-state index is 1.09. The summed E-state index contributed by atoms with van der Waals surface area (Å²) in [6, 6.07) is 0. The van der Waals surface area contributed by atoms with Crippen LogP contribution in [0.1, 0.15) is 39.5 Å². The fourth-order valence-electron chi connectivity index (χ4n) is 0.999. The van der Waals surface area contributed by atoms with Gasteiger partial charge >= 0.3 is 0 Å². The van der Waals surface area contributed by atoms with Crippen LogP contribution in [-0.2, 0) is 0 Å². The Morgan fingerprint density at radius 1 is 0.929 bits per heavy atom. The van der Waals surface area contributed by atoms with E-state index >= 15 is 0 Å². The summed E-state index contributed by atoms with van der Waals surface area (Å²) in [5, 5.41) is 0. The van der Waals surface area contributed by atoms with Crippen molar-refractivity contribution in [2.45, 2.75) is 39.5 Å². The molecule has 0 saturated heterocycles. The van der Waals surface area contributed by atoms with Crippen LogP contribution < -0.4 is 0 Å². The van der Waals surface area contributed by atoms with Crippen molar-refractivity contribution in [2.75, 3.05) is 0 Å². The van der Waals surface area contributed by atoms with Gasteiger partial charge in [-0.15, -0.1) is 6.58 Å². The third-order valence-corrected chi connectivity index (χ3v) is 1.77. The van der Waals surface area contributed by atoms with Crippen molar-refractivity contribution >= 4 is 0 Å². The number of allylic oxidation sites excluding steroid dienone is 7. The van der Waals surface area contributed by atoms with Gasteiger partial charge in [0.05, 0.1) is 0 Å². The van der Waals surface area contributed by atoms with Crippen molar-refractivity contribution < 1.29 is 0 Å². The summed E-state index contributed by atoms with van der Waals surface area (Å²) in [7, 11) is 0. The summed E-state index contributed by atoms with van der Waals surface area (Å²) in [5.74, 6) is 0. The molecule has 0 atom stereocenters. The van der Waals surface area contributed by atoms with Crippen molar-refractivity contribution in [3.8, 4) is 0 Å². The van der Waals surface area contributed by atoms with E-state index in [-0.39, 0.29) is 0 Å². The molecule has 0 heterocycles. The van der Waals surface area contributed by atoms with Crippen LogP contribution in [0.5, 0.6) is 0 Å². The highest BCUT2D eigenvalue weighted by atomic mass is 13.8. The molecule has 0 aromatic heterocycles. The van der Waals surface area contributed by atoms with E-state index in [1.54, 1.807) is 0 Å². The van der Waals surface area contributed by atoms with Crippen LogP contribution in [-0.4, -0.2) is 0 Å². The fraction of sp³-hybridized carbons (Fsp3) is 0.429. The van der Waals surface area contributed by atoms with Crippen molar-refractivity contribution in [3.63, 3.8) is 0 Å². The lowest BCUT2D eigenvalue weighted by Gasteiger charge is -1.87. The minimum absolute atomic E-state index is 1.09. The molecular formula is C14H22. The topological polar surface area (TPSA) is 0 Å². The number of hydrogen-bond acceptors (Lipinski definition) is 0. The highest BCUT2D eigenvalue weighted by Gasteiger charge is 1.77. The summed E-state index contributed by atoms with van der Waals surface area (Å²) in [5.41, 5.74) is 1.35. The second-order valence-corrected chi connectivity index (χ2v) is 3.59. The van der Waals surface area contributed by atoms with Gasteiger partial charge in [-0.2, -0.15) is 0 Å². The Bertz CT molecular complexity index is 212. The van der Waals surface area contributed by atoms with E-state index in [0.717, 1.165) is 25.7 Å². The zero-order valence-corrected chi connectivity index (χ0v) is 9.50. The van der Waals surface area contributed by atoms with Crippen LogP contribution in [0, 0.1) is 0 Å². The highest BCUT2D eigenvalue weighted by molar-refractivity contribution is 5.08. The quantitative estimate of drug-likeness (QED) is 0.307. The van der Waals surface area contributed by atoms with E-state index in [2.05, 4.69) is 50.8 Å². The predicted octanol–water partition coefficient (Wildman–Crippen LogP) is 4.81. The van der Waals surface area contributed by atoms with E-state index in [0.29, 0.717) is 0 Å². The Balaban J connectivity index is 3.37. The molecular weight excluding hydrogens is 168 g/mol. The SMILES string of the molecule is C=CCCC=CCCC=CC=C(C)C. The van der Waals surface area contributed by atoms with Crippen LogP contribution in [0.15, 0.2) is 48.6 Å². The van der Waals surface area contributed by atoms with Crippen molar-refractivity contribution in [1.29, 1.82) is 0 Å². The standard InChI is InChI=1S/C14H22/c1-4-5-6-7-8-9-10-11-12-13-14(2)3/h4,7-8,11-13H,1,5-6,9-10H2,2-3H3. The van der Waals surface area contributed by atoms with Gasteiger partial charge in [0.25, 0.3) is 0 Å². The van der Waals surface area contributed by atoms with Crippen LogP contribution in [0.2, 0.25) is 0 Å². The molecule has 0 aliphatic heterocycles. The molecule has 0 aromatic rings. The average Bonchev–Trinajstić information content (AvgIpc) is 2.15. The van der Waals surface area contributed by atoms with Gasteiger partial charge in [-0.3, -0.25) is 0 Å². The van der Waals surface area contributed by atoms with Gasteiger partial charge in [-0.25, -0.2) is 0 Å². The fourth-order valence-corrected chi connectivity index (χ4v) is 0.999. The normalized spacial score (nSPS) is 11.0. The Morgan fingerprint density at radius 3 is 2.07 bits per heavy atom. The maximum atomic E-state index is 3.68. The average molecular weight is 190 g/mol. The molecule has 0 heteroatoms. The molecule has 0 radical (unpaired) electrons. The molecule has 0 unspecified atom stereocenters. The third kappa shape index (κ3) is 11.0. The molecule has 0 N–H and O–H groups in total. The maximum Gasteiger partial charge on any atom is -0.0313 e. The minimum Gasteiger partial charge on any atom is -0.103 e. The number of unbranched alkanes of at least 4 members (excludes halogenated alkanes) is 2. The van der Waals surface area contributed by atoms with Crippen molar-refractivity contribution in [1.82, 2.24) is 0 Å². The molecule has 0 fully saturated rings. The largest absolute Gasteiger partial charge is 0.103 e. The number of hydrogen-bond donors (Lipinski definition) is 0.